The normalized spacial score (nSPS) is 10.4. The summed E-state index contributed by atoms with van der Waals surface area (Å²) in [5, 5.41) is 7.71. The highest BCUT2D eigenvalue weighted by atomic mass is 35.5. The van der Waals surface area contributed by atoms with Crippen molar-refractivity contribution in [2.75, 3.05) is 13.7 Å². The molecule has 0 atom stereocenters. The first-order valence-corrected chi connectivity index (χ1v) is 8.57. The summed E-state index contributed by atoms with van der Waals surface area (Å²) in [5.74, 6) is -0.0862. The lowest BCUT2D eigenvalue weighted by Crippen LogP contribution is -2.32. The predicted octanol–water partition coefficient (Wildman–Crippen LogP) is 2.40. The van der Waals surface area contributed by atoms with Gasteiger partial charge in [-0.25, -0.2) is 9.67 Å². The minimum atomic E-state index is -0.332. The lowest BCUT2D eigenvalue weighted by atomic mass is 10.1. The molecule has 0 fully saturated rings. The van der Waals surface area contributed by atoms with Crippen LogP contribution in [-0.2, 0) is 6.54 Å². The number of nitrogens with zero attached hydrogens (tertiary/aromatic N) is 3. The lowest BCUT2D eigenvalue weighted by Gasteiger charge is -2.10. The van der Waals surface area contributed by atoms with Crippen molar-refractivity contribution in [1.82, 2.24) is 20.1 Å². The number of rotatable bonds is 6. The monoisotopic (exact) mass is 384 g/mol. The molecule has 8 heteroatoms. The lowest BCUT2D eigenvalue weighted by molar-refractivity contribution is 0.0948. The Bertz CT molecular complexity index is 1000. The minimum Gasteiger partial charge on any atom is -0.480 e. The van der Waals surface area contributed by atoms with Crippen LogP contribution in [0.3, 0.4) is 0 Å². The number of methoxy groups -OCH3 is 1. The van der Waals surface area contributed by atoms with Crippen LogP contribution in [0.5, 0.6) is 5.88 Å². The highest BCUT2D eigenvalue weighted by Gasteiger charge is 2.12. The van der Waals surface area contributed by atoms with Gasteiger partial charge in [0, 0.05) is 29.4 Å². The zero-order chi connectivity index (χ0) is 19.2. The van der Waals surface area contributed by atoms with Crippen molar-refractivity contribution in [2.45, 2.75) is 6.54 Å². The first-order valence-electron chi connectivity index (χ1n) is 8.20. The van der Waals surface area contributed by atoms with Crippen LogP contribution in [0.1, 0.15) is 10.4 Å². The smallest absolute Gasteiger partial charge is 0.266 e. The van der Waals surface area contributed by atoms with E-state index in [1.54, 1.807) is 36.5 Å². The third-order valence-corrected chi connectivity index (χ3v) is 4.08. The number of carbonyl (C=O) groups is 1. The molecule has 0 saturated heterocycles. The quantitative estimate of drug-likeness (QED) is 0.705. The van der Waals surface area contributed by atoms with Crippen LogP contribution < -0.4 is 15.6 Å². The standard InChI is InChI=1S/C19H17ClN4O3/c1-27-19-15(3-2-10-22-19)18(26)21-11-12-24-17(25)9-8-16(23-24)13-4-6-14(20)7-5-13/h2-10H,11-12H2,1H3,(H,21,26). The van der Waals surface area contributed by atoms with Crippen LogP contribution in [0.4, 0.5) is 0 Å². The van der Waals surface area contributed by atoms with Gasteiger partial charge in [-0.15, -0.1) is 0 Å². The van der Waals surface area contributed by atoms with Gasteiger partial charge in [0.25, 0.3) is 11.5 Å². The highest BCUT2D eigenvalue weighted by molar-refractivity contribution is 6.30. The Balaban J connectivity index is 1.69. The second kappa shape index (κ2) is 8.46. The van der Waals surface area contributed by atoms with Gasteiger partial charge < -0.3 is 10.1 Å². The van der Waals surface area contributed by atoms with E-state index in [4.69, 9.17) is 16.3 Å². The van der Waals surface area contributed by atoms with Crippen LogP contribution in [0.25, 0.3) is 11.3 Å². The number of carbonyl (C=O) groups excluding carboxylic acids is 1. The number of ether oxygens (including phenoxy) is 1. The number of amides is 1. The van der Waals surface area contributed by atoms with Crippen molar-refractivity contribution < 1.29 is 9.53 Å². The fraction of sp³-hybridized carbons (Fsp3) is 0.158. The van der Waals surface area contributed by atoms with Crippen molar-refractivity contribution in [3.8, 4) is 17.1 Å². The molecule has 1 N–H and O–H groups in total. The van der Waals surface area contributed by atoms with Gasteiger partial charge in [0.2, 0.25) is 5.88 Å². The fourth-order valence-corrected chi connectivity index (χ4v) is 2.61. The molecule has 0 aliphatic heterocycles. The van der Waals surface area contributed by atoms with Gasteiger partial charge >= 0.3 is 0 Å². The molecule has 2 heterocycles. The van der Waals surface area contributed by atoms with E-state index in [1.165, 1.54) is 17.9 Å². The number of benzene rings is 1. The SMILES string of the molecule is COc1ncccc1C(=O)NCCn1nc(-c2ccc(Cl)cc2)ccc1=O. The van der Waals surface area contributed by atoms with Gasteiger partial charge in [0.15, 0.2) is 0 Å². The maximum Gasteiger partial charge on any atom is 0.266 e. The first kappa shape index (κ1) is 18.6. The maximum atomic E-state index is 12.3. The largest absolute Gasteiger partial charge is 0.480 e. The van der Waals surface area contributed by atoms with Crippen molar-refractivity contribution in [1.29, 1.82) is 0 Å². The van der Waals surface area contributed by atoms with Crippen LogP contribution in [0.15, 0.2) is 59.5 Å². The molecule has 1 aromatic carbocycles. The number of aromatic nitrogens is 3. The van der Waals surface area contributed by atoms with Crippen molar-refractivity contribution in [3.05, 3.63) is 75.7 Å². The Morgan fingerprint density at radius 3 is 2.70 bits per heavy atom. The van der Waals surface area contributed by atoms with Gasteiger partial charge in [0.05, 0.1) is 19.3 Å². The topological polar surface area (TPSA) is 86.1 Å². The molecule has 7 nitrogen and oxygen atoms in total. The third-order valence-electron chi connectivity index (χ3n) is 3.82. The molecule has 0 bridgehead atoms. The summed E-state index contributed by atoms with van der Waals surface area (Å²) < 4.78 is 6.38. The third kappa shape index (κ3) is 4.51. The summed E-state index contributed by atoms with van der Waals surface area (Å²) in [7, 11) is 1.45. The summed E-state index contributed by atoms with van der Waals surface area (Å²) in [6.07, 6.45) is 1.54. The number of nitrogens with one attached hydrogen (secondary N) is 1. The number of hydrogen-bond acceptors (Lipinski definition) is 5. The Labute approximate surface area is 160 Å². The molecular formula is C19H17ClN4O3. The van der Waals surface area contributed by atoms with Gasteiger partial charge in [-0.05, 0) is 30.3 Å². The summed E-state index contributed by atoms with van der Waals surface area (Å²) in [4.78, 5) is 28.3. The molecule has 2 aromatic heterocycles. The first-order chi connectivity index (χ1) is 13.1. The zero-order valence-electron chi connectivity index (χ0n) is 14.6. The van der Waals surface area contributed by atoms with Gasteiger partial charge in [0.1, 0.15) is 5.56 Å². The van der Waals surface area contributed by atoms with Crippen LogP contribution in [0.2, 0.25) is 5.02 Å². The summed E-state index contributed by atoms with van der Waals surface area (Å²) in [6, 6.07) is 13.5. The van der Waals surface area contributed by atoms with Crippen LogP contribution in [-0.4, -0.2) is 34.3 Å². The Morgan fingerprint density at radius 2 is 1.96 bits per heavy atom. The van der Waals surface area contributed by atoms with E-state index in [0.29, 0.717) is 16.3 Å². The van der Waals surface area contributed by atoms with Gasteiger partial charge in [-0.1, -0.05) is 23.7 Å². The molecule has 3 rings (SSSR count). The Hall–Kier alpha value is -3.19. The van der Waals surface area contributed by atoms with E-state index in [9.17, 15) is 9.59 Å². The van der Waals surface area contributed by atoms with Gasteiger partial charge in [-0.3, -0.25) is 9.59 Å². The minimum absolute atomic E-state index is 0.230. The molecule has 0 spiro atoms. The highest BCUT2D eigenvalue weighted by Crippen LogP contribution is 2.18. The molecule has 0 aliphatic rings. The van der Waals surface area contributed by atoms with E-state index < -0.39 is 0 Å². The van der Waals surface area contributed by atoms with E-state index in [1.807, 2.05) is 12.1 Å². The zero-order valence-corrected chi connectivity index (χ0v) is 15.3. The number of halogens is 1. The summed E-state index contributed by atoms with van der Waals surface area (Å²) in [6.45, 7) is 0.461. The van der Waals surface area contributed by atoms with E-state index in [-0.39, 0.29) is 30.4 Å². The summed E-state index contributed by atoms with van der Waals surface area (Å²) in [5.41, 5.74) is 1.57. The van der Waals surface area contributed by atoms with E-state index in [2.05, 4.69) is 15.4 Å². The van der Waals surface area contributed by atoms with Gasteiger partial charge in [-0.2, -0.15) is 5.10 Å². The molecule has 0 unspecified atom stereocenters. The molecular weight excluding hydrogens is 368 g/mol. The van der Waals surface area contributed by atoms with Crippen molar-refractivity contribution in [3.63, 3.8) is 0 Å². The Morgan fingerprint density at radius 1 is 1.19 bits per heavy atom. The summed E-state index contributed by atoms with van der Waals surface area (Å²) >= 11 is 5.90. The van der Waals surface area contributed by atoms with Crippen molar-refractivity contribution in [2.24, 2.45) is 0 Å². The maximum absolute atomic E-state index is 12.3. The molecule has 0 radical (unpaired) electrons. The predicted molar refractivity (Wildman–Crippen MR) is 102 cm³/mol. The van der Waals surface area contributed by atoms with E-state index in [0.717, 1.165) is 5.56 Å². The average Bonchev–Trinajstić information content (AvgIpc) is 2.70. The Kier molecular flexibility index (Phi) is 5.83. The van der Waals surface area contributed by atoms with Crippen LogP contribution in [0, 0.1) is 0 Å². The van der Waals surface area contributed by atoms with Crippen molar-refractivity contribution >= 4 is 17.5 Å². The second-order valence-corrected chi connectivity index (χ2v) is 6.04. The molecule has 138 valence electrons. The molecule has 1 amide bonds. The number of hydrogen-bond donors (Lipinski definition) is 1. The fourth-order valence-electron chi connectivity index (χ4n) is 2.48. The molecule has 0 aliphatic carbocycles. The second-order valence-electron chi connectivity index (χ2n) is 5.60. The molecule has 3 aromatic rings. The van der Waals surface area contributed by atoms with E-state index >= 15 is 0 Å². The molecule has 0 saturated carbocycles. The van der Waals surface area contributed by atoms with Crippen LogP contribution >= 0.6 is 11.6 Å². The molecule has 27 heavy (non-hydrogen) atoms. The average molecular weight is 385 g/mol. The number of pyridine rings is 1.